The van der Waals surface area contributed by atoms with Crippen molar-refractivity contribution < 1.29 is 4.74 Å². The third-order valence-corrected chi connectivity index (χ3v) is 2.94. The van der Waals surface area contributed by atoms with E-state index in [1.807, 2.05) is 31.2 Å². The predicted octanol–water partition coefficient (Wildman–Crippen LogP) is 2.54. The first-order chi connectivity index (χ1) is 10.3. The number of hydrogen-bond donors (Lipinski definition) is 3. The van der Waals surface area contributed by atoms with E-state index in [-0.39, 0.29) is 0 Å². The maximum atomic E-state index is 5.43. The fourth-order valence-corrected chi connectivity index (χ4v) is 1.97. The van der Waals surface area contributed by atoms with Crippen LogP contribution in [0.15, 0.2) is 30.6 Å². The van der Waals surface area contributed by atoms with Crippen LogP contribution >= 0.6 is 0 Å². The quantitative estimate of drug-likeness (QED) is 0.667. The number of fused-ring (bicyclic) bond motifs is 1. The van der Waals surface area contributed by atoms with Crippen molar-refractivity contribution in [3.05, 3.63) is 30.6 Å². The van der Waals surface area contributed by atoms with E-state index in [9.17, 15) is 0 Å². The molecule has 0 saturated carbocycles. The van der Waals surface area contributed by atoms with Crippen LogP contribution < -0.4 is 15.4 Å². The van der Waals surface area contributed by atoms with Gasteiger partial charge in [0.1, 0.15) is 11.3 Å². The lowest BCUT2D eigenvalue weighted by Crippen LogP contribution is -2.02. The number of hydrogen-bond acceptors (Lipinski definition) is 6. The molecule has 0 radical (unpaired) electrons. The molecule has 7 heteroatoms. The van der Waals surface area contributed by atoms with Crippen LogP contribution in [-0.2, 0) is 0 Å². The largest absolute Gasteiger partial charge is 0.494 e. The molecule has 7 nitrogen and oxygen atoms in total. The summed E-state index contributed by atoms with van der Waals surface area (Å²) in [6.45, 7) is 2.61. The number of nitrogens with zero attached hydrogens (tertiary/aromatic N) is 3. The third-order valence-electron chi connectivity index (χ3n) is 2.94. The first-order valence-corrected chi connectivity index (χ1v) is 6.69. The number of aromatic amines is 1. The molecule has 108 valence electrons. The van der Waals surface area contributed by atoms with E-state index >= 15 is 0 Å². The molecule has 2 heterocycles. The van der Waals surface area contributed by atoms with Crippen LogP contribution in [0.25, 0.3) is 11.2 Å². The zero-order chi connectivity index (χ0) is 14.7. The number of nitrogens with one attached hydrogen (secondary N) is 3. The van der Waals surface area contributed by atoms with Gasteiger partial charge in [0.2, 0.25) is 5.95 Å². The molecule has 2 aromatic heterocycles. The van der Waals surface area contributed by atoms with E-state index in [2.05, 4.69) is 30.6 Å². The van der Waals surface area contributed by atoms with Gasteiger partial charge in [-0.2, -0.15) is 9.97 Å². The van der Waals surface area contributed by atoms with Crippen molar-refractivity contribution >= 4 is 28.6 Å². The minimum absolute atomic E-state index is 0.517. The van der Waals surface area contributed by atoms with Crippen molar-refractivity contribution in [2.24, 2.45) is 0 Å². The van der Waals surface area contributed by atoms with Crippen molar-refractivity contribution in [1.29, 1.82) is 0 Å². The van der Waals surface area contributed by atoms with E-state index in [0.717, 1.165) is 17.0 Å². The normalized spacial score (nSPS) is 10.6. The molecule has 0 aliphatic rings. The lowest BCUT2D eigenvalue weighted by molar-refractivity contribution is 0.340. The standard InChI is InChI=1S/C14H16N6O/c1-3-21-10-6-4-9(5-7-10)18-13-11-12(17-8-16-11)19-14(15-2)20-13/h4-8H,3H2,1-2H3,(H3,15,16,17,18,19,20). The Labute approximate surface area is 121 Å². The number of anilines is 3. The number of aromatic nitrogens is 4. The molecule has 0 aliphatic heterocycles. The summed E-state index contributed by atoms with van der Waals surface area (Å²) in [5.41, 5.74) is 2.29. The van der Waals surface area contributed by atoms with Crippen molar-refractivity contribution in [3.8, 4) is 5.75 Å². The van der Waals surface area contributed by atoms with Crippen LogP contribution in [0.5, 0.6) is 5.75 Å². The zero-order valence-corrected chi connectivity index (χ0v) is 11.8. The maximum absolute atomic E-state index is 5.43. The van der Waals surface area contributed by atoms with Crippen molar-refractivity contribution in [2.75, 3.05) is 24.3 Å². The second-order valence-corrected chi connectivity index (χ2v) is 4.33. The van der Waals surface area contributed by atoms with E-state index in [0.29, 0.717) is 24.0 Å². The summed E-state index contributed by atoms with van der Waals surface area (Å²) >= 11 is 0. The SMILES string of the molecule is CCOc1ccc(Nc2nc(NC)nc3nc[nH]c23)cc1. The maximum Gasteiger partial charge on any atom is 0.226 e. The molecule has 0 fully saturated rings. The highest BCUT2D eigenvalue weighted by Gasteiger charge is 2.09. The third kappa shape index (κ3) is 2.71. The topological polar surface area (TPSA) is 87.8 Å². The molecule has 0 unspecified atom stereocenters. The number of benzene rings is 1. The van der Waals surface area contributed by atoms with Crippen LogP contribution in [0, 0.1) is 0 Å². The van der Waals surface area contributed by atoms with E-state index in [1.165, 1.54) is 0 Å². The Morgan fingerprint density at radius 2 is 2.00 bits per heavy atom. The van der Waals surface area contributed by atoms with Crippen LogP contribution in [0.1, 0.15) is 6.92 Å². The van der Waals surface area contributed by atoms with Gasteiger partial charge in [0.05, 0.1) is 12.9 Å². The molecule has 3 aromatic rings. The summed E-state index contributed by atoms with van der Waals surface area (Å²) in [5, 5.41) is 6.18. The monoisotopic (exact) mass is 284 g/mol. The Kier molecular flexibility index (Phi) is 3.55. The van der Waals surface area contributed by atoms with Gasteiger partial charge < -0.3 is 20.4 Å². The molecule has 3 N–H and O–H groups in total. The molecule has 0 atom stereocenters. The predicted molar refractivity (Wildman–Crippen MR) is 82.1 cm³/mol. The van der Waals surface area contributed by atoms with Gasteiger partial charge in [-0.05, 0) is 31.2 Å². The first kappa shape index (κ1) is 13.2. The first-order valence-electron chi connectivity index (χ1n) is 6.69. The highest BCUT2D eigenvalue weighted by atomic mass is 16.5. The molecule has 21 heavy (non-hydrogen) atoms. The molecule has 0 bridgehead atoms. The van der Waals surface area contributed by atoms with Crippen molar-refractivity contribution in [3.63, 3.8) is 0 Å². The number of imidazole rings is 1. The Morgan fingerprint density at radius 3 is 2.71 bits per heavy atom. The summed E-state index contributed by atoms with van der Waals surface area (Å²) in [5.74, 6) is 2.03. The Bertz CT molecular complexity index is 737. The van der Waals surface area contributed by atoms with E-state index in [4.69, 9.17) is 4.74 Å². The fourth-order valence-electron chi connectivity index (χ4n) is 1.97. The van der Waals surface area contributed by atoms with E-state index in [1.54, 1.807) is 13.4 Å². The van der Waals surface area contributed by atoms with Gasteiger partial charge in [0, 0.05) is 12.7 Å². The van der Waals surface area contributed by atoms with Crippen LogP contribution in [-0.4, -0.2) is 33.6 Å². The molecule has 1 aromatic carbocycles. The van der Waals surface area contributed by atoms with Gasteiger partial charge in [0.15, 0.2) is 11.5 Å². The van der Waals surface area contributed by atoms with Gasteiger partial charge in [-0.3, -0.25) is 0 Å². The lowest BCUT2D eigenvalue weighted by atomic mass is 10.3. The van der Waals surface area contributed by atoms with Crippen LogP contribution in [0.2, 0.25) is 0 Å². The zero-order valence-electron chi connectivity index (χ0n) is 11.8. The van der Waals surface area contributed by atoms with Crippen molar-refractivity contribution in [1.82, 2.24) is 19.9 Å². The highest BCUT2D eigenvalue weighted by Crippen LogP contribution is 2.24. The Balaban J connectivity index is 1.91. The average Bonchev–Trinajstić information content (AvgIpc) is 2.98. The Morgan fingerprint density at radius 1 is 1.19 bits per heavy atom. The number of H-pyrrole nitrogens is 1. The summed E-state index contributed by atoms with van der Waals surface area (Å²) in [6, 6.07) is 7.70. The Hall–Kier alpha value is -2.83. The number of rotatable bonds is 5. The molecular formula is C14H16N6O. The van der Waals surface area contributed by atoms with Gasteiger partial charge in [-0.25, -0.2) is 4.98 Å². The minimum Gasteiger partial charge on any atom is -0.494 e. The van der Waals surface area contributed by atoms with Gasteiger partial charge >= 0.3 is 0 Å². The second-order valence-electron chi connectivity index (χ2n) is 4.33. The van der Waals surface area contributed by atoms with Gasteiger partial charge in [-0.1, -0.05) is 0 Å². The summed E-state index contributed by atoms with van der Waals surface area (Å²) in [6.07, 6.45) is 1.60. The fraction of sp³-hybridized carbons (Fsp3) is 0.214. The van der Waals surface area contributed by atoms with E-state index < -0.39 is 0 Å². The summed E-state index contributed by atoms with van der Waals surface area (Å²) in [7, 11) is 1.77. The second kappa shape index (κ2) is 5.66. The van der Waals surface area contributed by atoms with Gasteiger partial charge in [0.25, 0.3) is 0 Å². The van der Waals surface area contributed by atoms with Crippen molar-refractivity contribution in [2.45, 2.75) is 6.92 Å². The van der Waals surface area contributed by atoms with Crippen LogP contribution in [0.4, 0.5) is 17.5 Å². The highest BCUT2D eigenvalue weighted by molar-refractivity contribution is 5.86. The number of ether oxygens (including phenoxy) is 1. The molecule has 0 aliphatic carbocycles. The lowest BCUT2D eigenvalue weighted by Gasteiger charge is -2.09. The molecule has 0 amide bonds. The summed E-state index contributed by atoms with van der Waals surface area (Å²) < 4.78 is 5.43. The summed E-state index contributed by atoms with van der Waals surface area (Å²) in [4.78, 5) is 15.9. The van der Waals surface area contributed by atoms with Gasteiger partial charge in [-0.15, -0.1) is 0 Å². The molecule has 3 rings (SSSR count). The average molecular weight is 284 g/mol. The molecule has 0 saturated heterocycles. The smallest absolute Gasteiger partial charge is 0.226 e. The molecule has 0 spiro atoms. The molecular weight excluding hydrogens is 268 g/mol. The minimum atomic E-state index is 0.517. The van der Waals surface area contributed by atoms with Crippen LogP contribution in [0.3, 0.4) is 0 Å².